The van der Waals surface area contributed by atoms with Crippen LogP contribution < -0.4 is 37.7 Å². The fourth-order valence-electron chi connectivity index (χ4n) is 1.16. The third-order valence-electron chi connectivity index (χ3n) is 1.75. The van der Waals surface area contributed by atoms with Gasteiger partial charge in [0.05, 0.1) is 9.79 Å². The maximum Gasteiger partial charge on any atom is 1.00 e. The van der Waals surface area contributed by atoms with E-state index in [0.717, 1.165) is 18.2 Å². The Kier molecular flexibility index (Phi) is 7.83. The molecule has 0 atom stereocenters. The van der Waals surface area contributed by atoms with Gasteiger partial charge >= 0.3 is 37.7 Å². The fraction of sp³-hybridized carbons (Fsp3) is 0. The van der Waals surface area contributed by atoms with Crippen LogP contribution in [0.25, 0.3) is 6.08 Å². The summed E-state index contributed by atoms with van der Waals surface area (Å²) in [5.74, 6) is 0. The van der Waals surface area contributed by atoms with Crippen molar-refractivity contribution in [2.24, 2.45) is 0 Å². The van der Waals surface area contributed by atoms with Crippen molar-refractivity contribution in [2.45, 2.75) is 9.79 Å². The van der Waals surface area contributed by atoms with Crippen molar-refractivity contribution in [1.82, 2.24) is 0 Å². The molecular weight excluding hydrogens is 270 g/mol. The maximum atomic E-state index is 10.9. The first-order valence-corrected chi connectivity index (χ1v) is 6.67. The predicted octanol–water partition coefficient (Wildman–Crippen LogP) is -5.85. The van der Waals surface area contributed by atoms with Crippen LogP contribution in [0.3, 0.4) is 0 Å². The molecule has 0 fully saturated rings. The van der Waals surface area contributed by atoms with E-state index in [1.165, 1.54) is 6.07 Å². The van der Waals surface area contributed by atoms with Crippen LogP contribution in [-0.4, -0.2) is 25.9 Å². The molecule has 0 heterocycles. The zero-order valence-electron chi connectivity index (χ0n) is 9.78. The van der Waals surface area contributed by atoms with Gasteiger partial charge in [-0.1, -0.05) is 24.8 Å². The minimum Gasteiger partial charge on any atom is -0.744 e. The molecule has 0 saturated heterocycles. The third-order valence-corrected chi connectivity index (χ3v) is 3.71. The molecule has 0 aromatic heterocycles. The van der Waals surface area contributed by atoms with Gasteiger partial charge in [0.2, 0.25) is 0 Å². The molecular formula is C8H6Li2O6S2. The van der Waals surface area contributed by atoms with Gasteiger partial charge < -0.3 is 9.11 Å². The summed E-state index contributed by atoms with van der Waals surface area (Å²) in [5, 5.41) is 0. The molecule has 0 bridgehead atoms. The van der Waals surface area contributed by atoms with Crippen molar-refractivity contribution in [3.05, 3.63) is 30.3 Å². The van der Waals surface area contributed by atoms with Crippen LogP contribution in [0.2, 0.25) is 0 Å². The first-order valence-electron chi connectivity index (χ1n) is 3.85. The van der Waals surface area contributed by atoms with Crippen molar-refractivity contribution in [2.75, 3.05) is 0 Å². The summed E-state index contributed by atoms with van der Waals surface area (Å²) in [4.78, 5) is -2.11. The quantitative estimate of drug-likeness (QED) is 0.401. The van der Waals surface area contributed by atoms with E-state index in [1.807, 2.05) is 0 Å². The summed E-state index contributed by atoms with van der Waals surface area (Å²) < 4.78 is 64.9. The molecule has 0 spiro atoms. The fourth-order valence-corrected chi connectivity index (χ4v) is 3.11. The van der Waals surface area contributed by atoms with E-state index in [-0.39, 0.29) is 43.3 Å². The Hall–Kier alpha value is -0.0252. The molecule has 6 nitrogen and oxygen atoms in total. The summed E-state index contributed by atoms with van der Waals surface area (Å²) in [6, 6.07) is 3.09. The molecule has 1 aromatic rings. The molecule has 10 heteroatoms. The van der Waals surface area contributed by atoms with Gasteiger partial charge in [0.25, 0.3) is 0 Å². The van der Waals surface area contributed by atoms with Crippen LogP contribution in [0.5, 0.6) is 0 Å². The molecule has 1 rings (SSSR count). The molecule has 0 amide bonds. The standard InChI is InChI=1S/C8H8O6S2.2Li/c1-2-6-4-3-5-7(15(9,10)11)8(6)16(12,13)14;;/h2-5H,1H2,(H,9,10,11)(H,12,13,14);;/q;2*+1/p-2. The summed E-state index contributed by atoms with van der Waals surface area (Å²) in [7, 11) is -10.1. The van der Waals surface area contributed by atoms with E-state index in [9.17, 15) is 25.9 Å². The third kappa shape index (κ3) is 4.58. The monoisotopic (exact) mass is 276 g/mol. The van der Waals surface area contributed by atoms with E-state index in [4.69, 9.17) is 0 Å². The summed E-state index contributed by atoms with van der Waals surface area (Å²) in [6.45, 7) is 3.23. The Balaban J connectivity index is 0. The molecule has 18 heavy (non-hydrogen) atoms. The van der Waals surface area contributed by atoms with Gasteiger partial charge in [-0.05, 0) is 11.6 Å². The average Bonchev–Trinajstić information content (AvgIpc) is 2.13. The average molecular weight is 276 g/mol. The van der Waals surface area contributed by atoms with Crippen LogP contribution >= 0.6 is 0 Å². The Morgan fingerprint density at radius 2 is 1.50 bits per heavy atom. The minimum atomic E-state index is -5.06. The van der Waals surface area contributed by atoms with E-state index in [1.54, 1.807) is 0 Å². The van der Waals surface area contributed by atoms with Gasteiger partial charge in [0.1, 0.15) is 20.2 Å². The van der Waals surface area contributed by atoms with Crippen LogP contribution in [0.15, 0.2) is 34.6 Å². The minimum absolute atomic E-state index is 0. The van der Waals surface area contributed by atoms with Crippen LogP contribution in [0, 0.1) is 0 Å². The van der Waals surface area contributed by atoms with Gasteiger partial charge in [0.15, 0.2) is 0 Å². The van der Waals surface area contributed by atoms with Gasteiger partial charge in [0, 0.05) is 0 Å². The van der Waals surface area contributed by atoms with Crippen molar-refractivity contribution in [1.29, 1.82) is 0 Å². The number of hydrogen-bond donors (Lipinski definition) is 0. The van der Waals surface area contributed by atoms with E-state index in [0.29, 0.717) is 0 Å². The van der Waals surface area contributed by atoms with Crippen molar-refractivity contribution in [3.8, 4) is 0 Å². The number of rotatable bonds is 3. The molecule has 0 radical (unpaired) electrons. The van der Waals surface area contributed by atoms with E-state index >= 15 is 0 Å². The van der Waals surface area contributed by atoms with E-state index < -0.39 is 30.0 Å². The van der Waals surface area contributed by atoms with Crippen molar-refractivity contribution in [3.63, 3.8) is 0 Å². The van der Waals surface area contributed by atoms with E-state index in [2.05, 4.69) is 6.58 Å². The van der Waals surface area contributed by atoms with Crippen molar-refractivity contribution >= 4 is 26.3 Å². The summed E-state index contributed by atoms with van der Waals surface area (Å²) in [5.41, 5.74) is -0.216. The second kappa shape index (κ2) is 6.94. The van der Waals surface area contributed by atoms with Crippen LogP contribution in [-0.2, 0) is 20.2 Å². The topological polar surface area (TPSA) is 114 Å². The van der Waals surface area contributed by atoms with Gasteiger partial charge in [-0.3, -0.25) is 0 Å². The smallest absolute Gasteiger partial charge is 0.744 e. The normalized spacial score (nSPS) is 11.0. The summed E-state index contributed by atoms with van der Waals surface area (Å²) in [6.07, 6.45) is 0.986. The molecule has 0 aliphatic heterocycles. The Labute approximate surface area is 129 Å². The first-order chi connectivity index (χ1) is 7.18. The summed E-state index contributed by atoms with van der Waals surface area (Å²) >= 11 is 0. The van der Waals surface area contributed by atoms with Gasteiger partial charge in [-0.2, -0.15) is 0 Å². The molecule has 1 aromatic carbocycles. The molecule has 0 saturated carbocycles. The first kappa shape index (κ1) is 20.3. The zero-order valence-corrected chi connectivity index (χ0v) is 11.4. The number of benzene rings is 1. The zero-order chi connectivity index (χ0) is 12.6. The van der Waals surface area contributed by atoms with Crippen molar-refractivity contribution < 1.29 is 63.7 Å². The van der Waals surface area contributed by atoms with Crippen LogP contribution in [0.1, 0.15) is 5.56 Å². The molecule has 0 aliphatic rings. The molecule has 0 N–H and O–H groups in total. The Bertz CT molecular complexity index is 636. The van der Waals surface area contributed by atoms with Gasteiger partial charge in [-0.25, -0.2) is 16.8 Å². The second-order valence-electron chi connectivity index (χ2n) is 2.79. The SMILES string of the molecule is C=Cc1cccc(S(=O)(=O)[O-])c1S(=O)(=O)[O-].[Li+].[Li+]. The predicted molar refractivity (Wildman–Crippen MR) is 52.5 cm³/mol. The molecule has 88 valence electrons. The largest absolute Gasteiger partial charge is 1.00 e. The maximum absolute atomic E-state index is 10.9. The molecule has 0 unspecified atom stereocenters. The second-order valence-corrected chi connectivity index (χ2v) is 5.45. The van der Waals surface area contributed by atoms with Gasteiger partial charge in [-0.15, -0.1) is 0 Å². The Morgan fingerprint density at radius 3 is 1.83 bits per heavy atom. The number of hydrogen-bond acceptors (Lipinski definition) is 6. The molecule has 0 aliphatic carbocycles. The van der Waals surface area contributed by atoms with Crippen LogP contribution in [0.4, 0.5) is 0 Å². The Morgan fingerprint density at radius 1 is 1.00 bits per heavy atom.